The summed E-state index contributed by atoms with van der Waals surface area (Å²) in [6.45, 7) is 4.02. The van der Waals surface area contributed by atoms with Gasteiger partial charge >= 0.3 is 6.18 Å². The molecule has 0 aromatic heterocycles. The van der Waals surface area contributed by atoms with Crippen LogP contribution in [0.1, 0.15) is 75.5 Å². The number of allylic oxidation sites excluding steroid dienone is 1. The summed E-state index contributed by atoms with van der Waals surface area (Å²) in [5.41, 5.74) is 6.84. The van der Waals surface area contributed by atoms with Crippen molar-refractivity contribution in [3.05, 3.63) is 77.0 Å². The molecule has 44 heavy (non-hydrogen) atoms. The molecule has 2 aromatic carbocycles. The minimum absolute atomic E-state index is 0.000409. The van der Waals surface area contributed by atoms with Gasteiger partial charge in [-0.2, -0.15) is 13.2 Å². The van der Waals surface area contributed by atoms with E-state index >= 15 is 0 Å². The molecule has 0 spiro atoms. The molecule has 2 aromatic rings. The molecular weight excluding hydrogens is 575 g/mol. The molecule has 0 fully saturated rings. The number of methoxy groups -OCH3 is 1. The Bertz CT molecular complexity index is 1430. The molecular formula is C33H38F3N3O5. The average Bonchev–Trinajstić information content (AvgIpc) is 3.61. The van der Waals surface area contributed by atoms with Gasteiger partial charge in [-0.1, -0.05) is 49.6 Å². The van der Waals surface area contributed by atoms with Crippen LogP contribution in [0.25, 0.3) is 11.3 Å². The molecule has 2 aliphatic rings. The van der Waals surface area contributed by atoms with Crippen LogP contribution in [0.5, 0.6) is 5.75 Å². The standard InChI is InChI=1S/C31H37N3O3.C2HF3O2/c1-4-24(35)13-9-6-10-14-28(31-32-20-29(34-31)22-11-7-5-8-12-22)33-30(36)19-26-21(2)17-23-15-16-25(37-3)18-27(23)26;3-2(4,5)1(6)7/h5,7-8,11-12,15-16,18,20,28H,4,6,9-10,13-14,17,19H2,1-3H3,(H,32,34)(H,33,36);(H,6,7)/t28-;/m0./s1. The Labute approximate surface area is 255 Å². The second-order valence-corrected chi connectivity index (χ2v) is 10.7. The van der Waals surface area contributed by atoms with Gasteiger partial charge in [0.25, 0.3) is 0 Å². The number of nitrogens with zero attached hydrogens (tertiary/aromatic N) is 1. The number of rotatable bonds is 13. The van der Waals surface area contributed by atoms with Crippen molar-refractivity contribution in [1.29, 1.82) is 0 Å². The van der Waals surface area contributed by atoms with Gasteiger partial charge in [0.15, 0.2) is 5.70 Å². The minimum atomic E-state index is -5.19. The number of amides is 1. The number of carboxylic acids is 1. The predicted octanol–water partition coefficient (Wildman–Crippen LogP) is 4.10. The maximum atomic E-state index is 13.3. The van der Waals surface area contributed by atoms with Crippen molar-refractivity contribution >= 4 is 34.8 Å². The molecule has 8 nitrogen and oxygen atoms in total. The van der Waals surface area contributed by atoms with Gasteiger partial charge in [0.1, 0.15) is 23.5 Å². The first-order valence-electron chi connectivity index (χ1n) is 14.6. The maximum Gasteiger partial charge on any atom is 0.430 e. The predicted molar refractivity (Wildman–Crippen MR) is 159 cm³/mol. The first kappa shape index (κ1) is 34.2. The molecule has 0 saturated heterocycles. The largest absolute Gasteiger partial charge is 0.542 e. The van der Waals surface area contributed by atoms with Gasteiger partial charge in [-0.05, 0) is 67.2 Å². The van der Waals surface area contributed by atoms with Gasteiger partial charge in [0.2, 0.25) is 11.7 Å². The van der Waals surface area contributed by atoms with Gasteiger partial charge in [-0.3, -0.25) is 14.9 Å². The minimum Gasteiger partial charge on any atom is -0.542 e. The number of halogens is 3. The van der Waals surface area contributed by atoms with E-state index in [0.29, 0.717) is 25.0 Å². The molecule has 0 radical (unpaired) electrons. The summed E-state index contributed by atoms with van der Waals surface area (Å²) in [7, 11) is 1.67. The second-order valence-electron chi connectivity index (χ2n) is 10.7. The Morgan fingerprint density at radius 1 is 1.09 bits per heavy atom. The Balaban J connectivity index is 0.000000676. The van der Waals surface area contributed by atoms with Crippen LogP contribution in [0.15, 0.2) is 65.3 Å². The lowest BCUT2D eigenvalue weighted by Gasteiger charge is -2.18. The number of aliphatic imine (C=N–C) groups is 1. The highest BCUT2D eigenvalue weighted by atomic mass is 19.4. The maximum absolute atomic E-state index is 13.3. The van der Waals surface area contributed by atoms with Crippen LogP contribution in [0, 0.1) is 0 Å². The lowest BCUT2D eigenvalue weighted by atomic mass is 10.0. The van der Waals surface area contributed by atoms with Crippen LogP contribution in [0.2, 0.25) is 0 Å². The van der Waals surface area contributed by atoms with E-state index in [9.17, 15) is 22.8 Å². The van der Waals surface area contributed by atoms with Crippen LogP contribution in [-0.2, 0) is 20.8 Å². The Morgan fingerprint density at radius 2 is 1.80 bits per heavy atom. The fourth-order valence-electron chi connectivity index (χ4n) is 5.07. The summed E-state index contributed by atoms with van der Waals surface area (Å²) >= 11 is 0. The van der Waals surface area contributed by atoms with Crippen molar-refractivity contribution in [3.8, 4) is 5.75 Å². The third kappa shape index (κ3) is 9.90. The number of unbranched alkanes of at least 4 members (excludes halogenated alkanes) is 2. The quantitative estimate of drug-likeness (QED) is 0.329. The molecule has 0 unspecified atom stereocenters. The molecule has 3 N–H and O–H groups in total. The fraction of sp³-hybridized carbons (Fsp3) is 0.394. The molecule has 0 saturated carbocycles. The number of alkyl halides is 3. The lowest BCUT2D eigenvalue weighted by molar-refractivity contribution is -0.434. The number of nitrogens with two attached hydrogens (primary N) is 1. The number of fused-ring (bicyclic) bond motifs is 1. The monoisotopic (exact) mass is 613 g/mol. The van der Waals surface area contributed by atoms with Crippen LogP contribution in [0.4, 0.5) is 13.2 Å². The van der Waals surface area contributed by atoms with E-state index in [1.54, 1.807) is 7.11 Å². The number of carboxylic acid groups (broad SMARTS) is 1. The average molecular weight is 614 g/mol. The van der Waals surface area contributed by atoms with E-state index in [4.69, 9.17) is 19.6 Å². The number of aliphatic carboxylic acids is 1. The molecule has 1 aliphatic carbocycles. The summed E-state index contributed by atoms with van der Waals surface area (Å²) in [5, 5.41) is 14.2. The number of Topliss-reactive ketones (excluding diaryl/α,β-unsaturated/α-hetero) is 1. The number of hydrogen-bond donors (Lipinski definition) is 2. The normalized spacial score (nSPS) is 14.6. The molecule has 1 aliphatic heterocycles. The summed E-state index contributed by atoms with van der Waals surface area (Å²) in [4.78, 5) is 38.5. The van der Waals surface area contributed by atoms with Gasteiger partial charge in [0, 0.05) is 18.4 Å². The number of amidine groups is 1. The van der Waals surface area contributed by atoms with Crippen molar-refractivity contribution < 1.29 is 42.7 Å². The van der Waals surface area contributed by atoms with Crippen LogP contribution in [-0.4, -0.2) is 42.8 Å². The molecule has 4 rings (SSSR count). The molecule has 0 bridgehead atoms. The Kier molecular flexibility index (Phi) is 12.5. The number of carbonyl (C=O) groups excluding carboxylic acids is 3. The van der Waals surface area contributed by atoms with E-state index in [0.717, 1.165) is 66.1 Å². The van der Waals surface area contributed by atoms with Gasteiger partial charge in [-0.15, -0.1) is 0 Å². The zero-order chi connectivity index (χ0) is 32.3. The Morgan fingerprint density at radius 3 is 2.43 bits per heavy atom. The summed E-state index contributed by atoms with van der Waals surface area (Å²) in [6.07, 6.45) is 2.70. The van der Waals surface area contributed by atoms with Gasteiger partial charge in [0.05, 0.1) is 19.7 Å². The number of nitrogens with one attached hydrogen (secondary N) is 1. The summed E-state index contributed by atoms with van der Waals surface area (Å²) < 4.78 is 37.0. The van der Waals surface area contributed by atoms with E-state index in [2.05, 4.69) is 35.8 Å². The summed E-state index contributed by atoms with van der Waals surface area (Å²) in [6, 6.07) is 16.1. The third-order valence-electron chi connectivity index (χ3n) is 7.48. The number of hydrogen-bond acceptors (Lipinski definition) is 6. The number of quaternary nitrogens is 1. The fourth-order valence-corrected chi connectivity index (χ4v) is 5.07. The highest BCUT2D eigenvalue weighted by Crippen LogP contribution is 2.37. The highest BCUT2D eigenvalue weighted by Gasteiger charge is 2.30. The smallest absolute Gasteiger partial charge is 0.430 e. The number of carbonyl (C=O) groups is 3. The van der Waals surface area contributed by atoms with E-state index in [-0.39, 0.29) is 11.9 Å². The molecule has 1 amide bonds. The first-order valence-corrected chi connectivity index (χ1v) is 14.6. The van der Waals surface area contributed by atoms with Gasteiger partial charge in [-0.25, -0.2) is 4.99 Å². The van der Waals surface area contributed by atoms with E-state index < -0.39 is 12.1 Å². The highest BCUT2D eigenvalue weighted by molar-refractivity contribution is 5.95. The number of benzene rings is 2. The Hall–Kier alpha value is -4.25. The van der Waals surface area contributed by atoms with Crippen molar-refractivity contribution in [2.75, 3.05) is 7.11 Å². The third-order valence-corrected chi connectivity index (χ3v) is 7.48. The van der Waals surface area contributed by atoms with Crippen molar-refractivity contribution in [1.82, 2.24) is 5.32 Å². The number of ketones is 1. The van der Waals surface area contributed by atoms with Crippen molar-refractivity contribution in [2.45, 2.75) is 77.4 Å². The van der Waals surface area contributed by atoms with Crippen LogP contribution in [0.3, 0.4) is 0 Å². The van der Waals surface area contributed by atoms with Crippen LogP contribution >= 0.6 is 0 Å². The second kappa shape index (κ2) is 16.0. The number of ether oxygens (including phenoxy) is 1. The van der Waals surface area contributed by atoms with E-state index in [1.807, 2.05) is 43.5 Å². The van der Waals surface area contributed by atoms with Crippen molar-refractivity contribution in [3.63, 3.8) is 0 Å². The van der Waals surface area contributed by atoms with Gasteiger partial charge < -0.3 is 20.0 Å². The van der Waals surface area contributed by atoms with Crippen LogP contribution < -0.4 is 20.5 Å². The lowest BCUT2D eigenvalue weighted by Crippen LogP contribution is -2.87. The summed E-state index contributed by atoms with van der Waals surface area (Å²) in [5.74, 6) is -1.00. The van der Waals surface area contributed by atoms with E-state index in [1.165, 1.54) is 11.1 Å². The SMILES string of the molecule is CCC(=O)CCCCC[C@H](NC(=O)CC1=C(C)Cc2ccc(OC)cc21)C1=NC=C(c2ccccc2)[NH2+]1.O=C([O-])C(F)(F)F. The molecule has 1 heterocycles. The zero-order valence-corrected chi connectivity index (χ0v) is 25.1. The zero-order valence-electron chi connectivity index (χ0n) is 25.1. The molecule has 236 valence electrons. The first-order chi connectivity index (χ1) is 20.9. The topological polar surface area (TPSA) is 124 Å². The van der Waals surface area contributed by atoms with Crippen molar-refractivity contribution in [2.24, 2.45) is 4.99 Å². The molecule has 1 atom stereocenters. The molecule has 11 heteroatoms.